The van der Waals surface area contributed by atoms with Crippen molar-refractivity contribution in [3.63, 3.8) is 0 Å². The molecule has 1 saturated heterocycles. The van der Waals surface area contributed by atoms with Crippen LogP contribution in [0.4, 0.5) is 10.5 Å². The van der Waals surface area contributed by atoms with Gasteiger partial charge in [-0.05, 0) is 61.0 Å². The van der Waals surface area contributed by atoms with Crippen LogP contribution in [0, 0.1) is 0 Å². The minimum atomic E-state index is -0.469. The first-order chi connectivity index (χ1) is 10.2. The summed E-state index contributed by atoms with van der Waals surface area (Å²) < 4.78 is 6.04. The highest BCUT2D eigenvalue weighted by Gasteiger charge is 2.28. The van der Waals surface area contributed by atoms with Gasteiger partial charge in [0.15, 0.2) is 0 Å². The second-order valence-electron chi connectivity index (χ2n) is 6.47. The number of pyridine rings is 1. The number of nitrogens with zero attached hydrogens (tertiary/aromatic N) is 2. The Morgan fingerprint density at radius 1 is 1.45 bits per heavy atom. The van der Waals surface area contributed by atoms with Gasteiger partial charge in [-0.15, -0.1) is 0 Å². The highest BCUT2D eigenvalue weighted by atomic mass is 79.9. The standard InChI is InChI=1S/C15H21BrClN3O2/c1-15(2,3)22-14(21)20-6-4-9(5-7-20)10-8-19-13(17)11(16)12(10)18/h8-9H,4-7H2,1-3H3,(H2,18,19). The lowest BCUT2D eigenvalue weighted by molar-refractivity contribution is 0.0205. The van der Waals surface area contributed by atoms with Gasteiger partial charge in [0, 0.05) is 19.3 Å². The number of piperidine rings is 1. The summed E-state index contributed by atoms with van der Waals surface area (Å²) in [5, 5.41) is 0.368. The third kappa shape index (κ3) is 4.04. The van der Waals surface area contributed by atoms with Crippen LogP contribution in [-0.2, 0) is 4.74 Å². The van der Waals surface area contributed by atoms with Crippen LogP contribution in [0.5, 0.6) is 0 Å². The van der Waals surface area contributed by atoms with E-state index in [9.17, 15) is 4.79 Å². The molecule has 0 spiro atoms. The number of anilines is 1. The molecule has 122 valence electrons. The number of nitrogens with two attached hydrogens (primary N) is 1. The van der Waals surface area contributed by atoms with Gasteiger partial charge in [-0.2, -0.15) is 0 Å². The van der Waals surface area contributed by atoms with E-state index in [0.717, 1.165) is 18.4 Å². The fourth-order valence-electron chi connectivity index (χ4n) is 2.52. The van der Waals surface area contributed by atoms with Crippen molar-refractivity contribution < 1.29 is 9.53 Å². The second-order valence-corrected chi connectivity index (χ2v) is 7.62. The smallest absolute Gasteiger partial charge is 0.410 e. The topological polar surface area (TPSA) is 68.5 Å². The van der Waals surface area contributed by atoms with Crippen molar-refractivity contribution in [3.8, 4) is 0 Å². The number of rotatable bonds is 1. The zero-order chi connectivity index (χ0) is 16.5. The molecule has 0 bridgehead atoms. The SMILES string of the molecule is CC(C)(C)OC(=O)N1CCC(c2cnc(Cl)c(Br)c2N)CC1. The van der Waals surface area contributed by atoms with Crippen molar-refractivity contribution in [3.05, 3.63) is 21.4 Å². The third-order valence-corrected chi connectivity index (χ3v) is 4.95. The minimum absolute atomic E-state index is 0.255. The molecule has 0 atom stereocenters. The van der Waals surface area contributed by atoms with Crippen LogP contribution in [0.1, 0.15) is 45.1 Å². The molecule has 1 amide bonds. The summed E-state index contributed by atoms with van der Waals surface area (Å²) >= 11 is 9.30. The molecule has 2 heterocycles. The zero-order valence-electron chi connectivity index (χ0n) is 13.0. The van der Waals surface area contributed by atoms with Gasteiger partial charge in [0.05, 0.1) is 10.2 Å². The molecular weight excluding hydrogens is 370 g/mol. The Bertz CT molecular complexity index is 567. The van der Waals surface area contributed by atoms with E-state index in [1.54, 1.807) is 11.1 Å². The summed E-state index contributed by atoms with van der Waals surface area (Å²) in [7, 11) is 0. The van der Waals surface area contributed by atoms with E-state index in [4.69, 9.17) is 22.1 Å². The molecule has 2 rings (SSSR count). The summed E-state index contributed by atoms with van der Waals surface area (Å²) in [5.74, 6) is 0.278. The lowest BCUT2D eigenvalue weighted by Gasteiger charge is -2.34. The largest absolute Gasteiger partial charge is 0.444 e. The summed E-state index contributed by atoms with van der Waals surface area (Å²) in [5.41, 5.74) is 7.27. The van der Waals surface area contributed by atoms with E-state index in [-0.39, 0.29) is 12.0 Å². The van der Waals surface area contributed by atoms with Crippen molar-refractivity contribution in [1.29, 1.82) is 0 Å². The van der Waals surface area contributed by atoms with E-state index < -0.39 is 5.60 Å². The summed E-state index contributed by atoms with van der Waals surface area (Å²) in [6.45, 7) is 6.91. The van der Waals surface area contributed by atoms with Gasteiger partial charge >= 0.3 is 6.09 Å². The Morgan fingerprint density at radius 2 is 2.05 bits per heavy atom. The normalized spacial score (nSPS) is 16.7. The monoisotopic (exact) mass is 389 g/mol. The molecule has 1 aliphatic rings. The van der Waals surface area contributed by atoms with Crippen LogP contribution in [0.25, 0.3) is 0 Å². The van der Waals surface area contributed by atoms with Gasteiger partial charge in [0.1, 0.15) is 10.8 Å². The van der Waals surface area contributed by atoms with Gasteiger partial charge in [-0.1, -0.05) is 11.6 Å². The highest BCUT2D eigenvalue weighted by Crippen LogP contribution is 2.37. The average molecular weight is 391 g/mol. The molecule has 22 heavy (non-hydrogen) atoms. The van der Waals surface area contributed by atoms with E-state index in [0.29, 0.717) is 28.4 Å². The Labute approximate surface area is 144 Å². The van der Waals surface area contributed by atoms with Crippen LogP contribution < -0.4 is 5.73 Å². The van der Waals surface area contributed by atoms with Gasteiger partial charge in [-0.25, -0.2) is 9.78 Å². The molecule has 2 N–H and O–H groups in total. The molecule has 1 fully saturated rings. The average Bonchev–Trinajstić information content (AvgIpc) is 2.43. The predicted octanol–water partition coefficient (Wildman–Crippen LogP) is 4.19. The maximum Gasteiger partial charge on any atom is 0.410 e. The molecule has 0 unspecified atom stereocenters. The van der Waals surface area contributed by atoms with Gasteiger partial charge in [-0.3, -0.25) is 0 Å². The van der Waals surface area contributed by atoms with Crippen molar-refractivity contribution in [1.82, 2.24) is 9.88 Å². The van der Waals surface area contributed by atoms with Crippen molar-refractivity contribution in [2.24, 2.45) is 0 Å². The van der Waals surface area contributed by atoms with E-state index in [1.807, 2.05) is 20.8 Å². The third-order valence-electron chi connectivity index (χ3n) is 3.63. The maximum atomic E-state index is 12.1. The number of nitrogen functional groups attached to an aromatic ring is 1. The minimum Gasteiger partial charge on any atom is -0.444 e. The quantitative estimate of drug-likeness (QED) is 0.730. The number of carbonyl (C=O) groups is 1. The molecule has 1 aromatic heterocycles. The molecule has 0 radical (unpaired) electrons. The second kappa shape index (κ2) is 6.62. The van der Waals surface area contributed by atoms with Crippen molar-refractivity contribution in [2.45, 2.75) is 45.1 Å². The molecule has 1 aromatic rings. The number of hydrogen-bond donors (Lipinski definition) is 1. The Hall–Kier alpha value is -1.01. The lowest BCUT2D eigenvalue weighted by atomic mass is 9.89. The van der Waals surface area contributed by atoms with Crippen LogP contribution in [0.2, 0.25) is 5.15 Å². The Kier molecular flexibility index (Phi) is 5.22. The predicted molar refractivity (Wildman–Crippen MR) is 91.1 cm³/mol. The number of halogens is 2. The zero-order valence-corrected chi connectivity index (χ0v) is 15.4. The summed E-state index contributed by atoms with van der Waals surface area (Å²) in [6, 6.07) is 0. The molecule has 0 aromatic carbocycles. The molecule has 7 heteroatoms. The molecule has 1 aliphatic heterocycles. The number of likely N-dealkylation sites (tertiary alicyclic amines) is 1. The number of hydrogen-bond acceptors (Lipinski definition) is 4. The van der Waals surface area contributed by atoms with E-state index in [2.05, 4.69) is 20.9 Å². The number of ether oxygens (including phenoxy) is 1. The molecule has 0 saturated carbocycles. The number of carbonyl (C=O) groups excluding carboxylic acids is 1. The van der Waals surface area contributed by atoms with Crippen LogP contribution in [0.3, 0.4) is 0 Å². The Morgan fingerprint density at radius 3 is 2.59 bits per heavy atom. The molecule has 0 aliphatic carbocycles. The van der Waals surface area contributed by atoms with Crippen LogP contribution in [-0.4, -0.2) is 34.7 Å². The van der Waals surface area contributed by atoms with Crippen LogP contribution in [0.15, 0.2) is 10.7 Å². The highest BCUT2D eigenvalue weighted by molar-refractivity contribution is 9.10. The van der Waals surface area contributed by atoms with Gasteiger partial charge in [0.2, 0.25) is 0 Å². The maximum absolute atomic E-state index is 12.1. The summed E-state index contributed by atoms with van der Waals surface area (Å²) in [6.07, 6.45) is 3.14. The number of amides is 1. The molecular formula is C15H21BrClN3O2. The first-order valence-corrected chi connectivity index (χ1v) is 8.43. The lowest BCUT2D eigenvalue weighted by Crippen LogP contribution is -2.41. The van der Waals surface area contributed by atoms with Crippen molar-refractivity contribution in [2.75, 3.05) is 18.8 Å². The first-order valence-electron chi connectivity index (χ1n) is 7.26. The summed E-state index contributed by atoms with van der Waals surface area (Å²) in [4.78, 5) is 18.0. The number of aromatic nitrogens is 1. The molecule has 5 nitrogen and oxygen atoms in total. The van der Waals surface area contributed by atoms with E-state index >= 15 is 0 Å². The van der Waals surface area contributed by atoms with Gasteiger partial charge in [0.25, 0.3) is 0 Å². The first kappa shape index (κ1) is 17.3. The van der Waals surface area contributed by atoms with Crippen molar-refractivity contribution >= 4 is 39.3 Å². The van der Waals surface area contributed by atoms with Crippen LogP contribution >= 0.6 is 27.5 Å². The Balaban J connectivity index is 2.01. The fraction of sp³-hybridized carbons (Fsp3) is 0.600. The van der Waals surface area contributed by atoms with Gasteiger partial charge < -0.3 is 15.4 Å². The van der Waals surface area contributed by atoms with E-state index in [1.165, 1.54) is 0 Å². The fourth-order valence-corrected chi connectivity index (χ4v) is 3.00.